The zero-order valence-electron chi connectivity index (χ0n) is 17.5. The lowest BCUT2D eigenvalue weighted by molar-refractivity contribution is -0.115. The van der Waals surface area contributed by atoms with Gasteiger partial charge in [-0.1, -0.05) is 6.07 Å². The molecule has 0 aliphatic heterocycles. The van der Waals surface area contributed by atoms with Crippen molar-refractivity contribution in [2.75, 3.05) is 41.8 Å². The molecular formula is C19H24N4O6S2. The maximum atomic E-state index is 12.5. The number of amides is 2. The maximum absolute atomic E-state index is 12.5. The zero-order chi connectivity index (χ0) is 23.4. The van der Waals surface area contributed by atoms with Crippen molar-refractivity contribution >= 4 is 48.9 Å². The van der Waals surface area contributed by atoms with Gasteiger partial charge in [-0.25, -0.2) is 21.1 Å². The number of carbonyl (C=O) groups is 2. The van der Waals surface area contributed by atoms with Gasteiger partial charge in [-0.15, -0.1) is 0 Å². The van der Waals surface area contributed by atoms with Gasteiger partial charge in [0.05, 0.1) is 16.8 Å². The summed E-state index contributed by atoms with van der Waals surface area (Å²) in [6.45, 7) is 0.827. The van der Waals surface area contributed by atoms with E-state index in [1.54, 1.807) is 18.2 Å². The van der Waals surface area contributed by atoms with Crippen LogP contribution in [0.4, 0.5) is 17.1 Å². The van der Waals surface area contributed by atoms with E-state index >= 15 is 0 Å². The van der Waals surface area contributed by atoms with Gasteiger partial charge < -0.3 is 10.6 Å². The summed E-state index contributed by atoms with van der Waals surface area (Å²) in [4.78, 5) is 23.6. The third-order valence-electron chi connectivity index (χ3n) is 4.06. The number of nitrogens with one attached hydrogen (secondary N) is 2. The van der Waals surface area contributed by atoms with Crippen LogP contribution in [0.5, 0.6) is 0 Å². The smallest absolute Gasteiger partial charge is 0.245 e. The minimum atomic E-state index is -3.84. The summed E-state index contributed by atoms with van der Waals surface area (Å²) in [5.41, 5.74) is 0.988. The Bertz CT molecular complexity index is 1180. The van der Waals surface area contributed by atoms with E-state index in [2.05, 4.69) is 10.6 Å². The third kappa shape index (κ3) is 6.51. The number of hydrogen-bond acceptors (Lipinski definition) is 6. The molecule has 0 bridgehead atoms. The number of nitrogens with zero attached hydrogens (tertiary/aromatic N) is 2. The lowest BCUT2D eigenvalue weighted by Gasteiger charge is -2.22. The molecule has 0 unspecified atom stereocenters. The van der Waals surface area contributed by atoms with E-state index in [1.807, 2.05) is 0 Å². The molecule has 168 valence electrons. The fourth-order valence-electron chi connectivity index (χ4n) is 2.60. The largest absolute Gasteiger partial charge is 0.326 e. The number of carbonyl (C=O) groups excluding carboxylic acids is 2. The Morgan fingerprint density at radius 2 is 1.45 bits per heavy atom. The Labute approximate surface area is 182 Å². The molecule has 2 amide bonds. The second-order valence-electron chi connectivity index (χ2n) is 6.86. The number of sulfonamides is 2. The molecule has 0 saturated carbocycles. The molecule has 0 fully saturated rings. The molecule has 2 aromatic rings. The van der Waals surface area contributed by atoms with Gasteiger partial charge >= 0.3 is 0 Å². The van der Waals surface area contributed by atoms with Crippen molar-refractivity contribution in [2.24, 2.45) is 0 Å². The predicted octanol–water partition coefficient (Wildman–Crippen LogP) is 1.30. The lowest BCUT2D eigenvalue weighted by Crippen LogP contribution is -2.37. The van der Waals surface area contributed by atoms with Crippen LogP contribution in [0.2, 0.25) is 0 Å². The maximum Gasteiger partial charge on any atom is 0.245 e. The van der Waals surface area contributed by atoms with Crippen LogP contribution in [-0.2, 0) is 29.6 Å². The fraction of sp³-hybridized carbons (Fsp3) is 0.263. The van der Waals surface area contributed by atoms with Crippen molar-refractivity contribution in [1.82, 2.24) is 4.31 Å². The zero-order valence-corrected chi connectivity index (χ0v) is 19.1. The van der Waals surface area contributed by atoms with Gasteiger partial charge in [0.2, 0.25) is 31.9 Å². The predicted molar refractivity (Wildman–Crippen MR) is 119 cm³/mol. The second-order valence-corrected chi connectivity index (χ2v) is 10.9. The fourth-order valence-corrected chi connectivity index (χ4v) is 4.36. The number of anilines is 3. The van der Waals surface area contributed by atoms with Gasteiger partial charge in [0.25, 0.3) is 0 Å². The molecule has 0 heterocycles. The van der Waals surface area contributed by atoms with Crippen molar-refractivity contribution in [1.29, 1.82) is 0 Å². The monoisotopic (exact) mass is 468 g/mol. The van der Waals surface area contributed by atoms with E-state index in [0.717, 1.165) is 14.9 Å². The molecule has 0 saturated heterocycles. The van der Waals surface area contributed by atoms with Gasteiger partial charge in [0, 0.05) is 32.4 Å². The molecule has 0 aliphatic carbocycles. The highest BCUT2D eigenvalue weighted by molar-refractivity contribution is 7.92. The summed E-state index contributed by atoms with van der Waals surface area (Å²) >= 11 is 0. The topological polar surface area (TPSA) is 133 Å². The molecule has 2 rings (SSSR count). The minimum absolute atomic E-state index is 0.00561. The van der Waals surface area contributed by atoms with Crippen LogP contribution in [-0.4, -0.2) is 59.9 Å². The van der Waals surface area contributed by atoms with E-state index in [-0.39, 0.29) is 16.5 Å². The number of hydrogen-bond donors (Lipinski definition) is 2. The first-order chi connectivity index (χ1) is 14.3. The molecule has 0 atom stereocenters. The number of benzene rings is 2. The third-order valence-corrected chi connectivity index (χ3v) is 7.03. The molecule has 0 aliphatic rings. The van der Waals surface area contributed by atoms with Crippen molar-refractivity contribution in [3.05, 3.63) is 48.5 Å². The summed E-state index contributed by atoms with van der Waals surface area (Å²) < 4.78 is 50.8. The SMILES string of the molecule is CC(=O)Nc1cccc(NC(=O)CN(c2ccc(S(=O)(=O)N(C)C)cc2)S(C)(=O)=O)c1. The Morgan fingerprint density at radius 3 is 1.94 bits per heavy atom. The van der Waals surface area contributed by atoms with Gasteiger partial charge in [-0.05, 0) is 42.5 Å². The van der Waals surface area contributed by atoms with Crippen molar-refractivity contribution in [3.8, 4) is 0 Å². The Morgan fingerprint density at radius 1 is 0.903 bits per heavy atom. The quantitative estimate of drug-likeness (QED) is 0.600. The average molecular weight is 469 g/mol. The molecule has 0 aromatic heterocycles. The molecule has 31 heavy (non-hydrogen) atoms. The average Bonchev–Trinajstić information content (AvgIpc) is 2.65. The highest BCUT2D eigenvalue weighted by atomic mass is 32.2. The van der Waals surface area contributed by atoms with Crippen LogP contribution in [0.3, 0.4) is 0 Å². The minimum Gasteiger partial charge on any atom is -0.326 e. The van der Waals surface area contributed by atoms with Gasteiger partial charge in [0.1, 0.15) is 6.54 Å². The Hall–Kier alpha value is -2.96. The normalized spacial score (nSPS) is 11.8. The Kier molecular flexibility index (Phi) is 7.41. The van der Waals surface area contributed by atoms with E-state index in [9.17, 15) is 26.4 Å². The summed E-state index contributed by atoms with van der Waals surface area (Å²) in [6.07, 6.45) is 0.947. The first kappa shape index (κ1) is 24.3. The highest BCUT2D eigenvalue weighted by Crippen LogP contribution is 2.22. The first-order valence-corrected chi connectivity index (χ1v) is 12.3. The molecule has 2 aromatic carbocycles. The van der Waals surface area contributed by atoms with Gasteiger partial charge in [0.15, 0.2) is 0 Å². The lowest BCUT2D eigenvalue weighted by atomic mass is 10.2. The summed E-state index contributed by atoms with van der Waals surface area (Å²) in [6, 6.07) is 11.6. The summed E-state index contributed by atoms with van der Waals surface area (Å²) in [7, 11) is -4.74. The highest BCUT2D eigenvalue weighted by Gasteiger charge is 2.23. The van der Waals surface area contributed by atoms with Crippen LogP contribution in [0, 0.1) is 0 Å². The van der Waals surface area contributed by atoms with Crippen LogP contribution >= 0.6 is 0 Å². The standard InChI is InChI=1S/C19H24N4O6S2/c1-14(24)20-15-6-5-7-16(12-15)21-19(25)13-23(30(4,26)27)17-8-10-18(11-9-17)31(28,29)22(2)3/h5-12H,13H2,1-4H3,(H,20,24)(H,21,25). The number of rotatable bonds is 8. The van der Waals surface area contributed by atoms with Gasteiger partial charge in [-0.3, -0.25) is 13.9 Å². The molecular weight excluding hydrogens is 444 g/mol. The summed E-state index contributed by atoms with van der Waals surface area (Å²) in [5.74, 6) is -0.887. The van der Waals surface area contributed by atoms with Crippen molar-refractivity contribution in [3.63, 3.8) is 0 Å². The van der Waals surface area contributed by atoms with E-state index in [1.165, 1.54) is 51.4 Å². The molecule has 0 spiro atoms. The van der Waals surface area contributed by atoms with Crippen molar-refractivity contribution < 1.29 is 26.4 Å². The molecule has 2 N–H and O–H groups in total. The van der Waals surface area contributed by atoms with E-state index < -0.39 is 32.5 Å². The Balaban J connectivity index is 2.23. The first-order valence-electron chi connectivity index (χ1n) is 8.98. The van der Waals surface area contributed by atoms with E-state index in [4.69, 9.17) is 0 Å². The molecule has 12 heteroatoms. The molecule has 10 nitrogen and oxygen atoms in total. The van der Waals surface area contributed by atoms with Crippen molar-refractivity contribution in [2.45, 2.75) is 11.8 Å². The molecule has 0 radical (unpaired) electrons. The van der Waals surface area contributed by atoms with Crippen LogP contribution in [0.1, 0.15) is 6.92 Å². The van der Waals surface area contributed by atoms with Crippen LogP contribution in [0.15, 0.2) is 53.4 Å². The summed E-state index contributed by atoms with van der Waals surface area (Å²) in [5, 5.41) is 5.17. The van der Waals surface area contributed by atoms with Crippen LogP contribution in [0.25, 0.3) is 0 Å². The second kappa shape index (κ2) is 9.45. The van der Waals surface area contributed by atoms with E-state index in [0.29, 0.717) is 11.4 Å². The van der Waals surface area contributed by atoms with Crippen LogP contribution < -0.4 is 14.9 Å². The van der Waals surface area contributed by atoms with Gasteiger partial charge in [-0.2, -0.15) is 0 Å².